The number of ether oxygens (including phenoxy) is 1. The standard InChI is InChI=1S/C16H18N2O3/c1-21-16(20)11-6-8-18(9-7-11)14-10-12-4-2-3-5-13(12)15(19)17-14/h2-5,10-11H,6-9H2,1H3,(H,17,19). The van der Waals surface area contributed by atoms with Crippen molar-refractivity contribution in [2.45, 2.75) is 12.8 Å². The molecule has 1 aliphatic heterocycles. The van der Waals surface area contributed by atoms with Crippen LogP contribution >= 0.6 is 0 Å². The quantitative estimate of drug-likeness (QED) is 0.857. The first-order valence-corrected chi connectivity index (χ1v) is 7.14. The molecule has 1 aromatic carbocycles. The second kappa shape index (κ2) is 5.60. The van der Waals surface area contributed by atoms with E-state index in [4.69, 9.17) is 4.74 Å². The highest BCUT2D eigenvalue weighted by atomic mass is 16.5. The molecule has 0 atom stereocenters. The zero-order valence-electron chi connectivity index (χ0n) is 12.0. The van der Waals surface area contributed by atoms with Crippen molar-refractivity contribution in [2.24, 2.45) is 5.92 Å². The fourth-order valence-electron chi connectivity index (χ4n) is 2.89. The molecule has 2 heterocycles. The summed E-state index contributed by atoms with van der Waals surface area (Å²) in [7, 11) is 1.43. The minimum absolute atomic E-state index is 0.0292. The predicted molar refractivity (Wildman–Crippen MR) is 81.5 cm³/mol. The van der Waals surface area contributed by atoms with Crippen molar-refractivity contribution < 1.29 is 9.53 Å². The van der Waals surface area contributed by atoms with Crippen LogP contribution in [-0.4, -0.2) is 31.2 Å². The summed E-state index contributed by atoms with van der Waals surface area (Å²) in [6, 6.07) is 9.54. The first-order chi connectivity index (χ1) is 10.2. The Labute approximate surface area is 122 Å². The van der Waals surface area contributed by atoms with Gasteiger partial charge < -0.3 is 14.6 Å². The summed E-state index contributed by atoms with van der Waals surface area (Å²) in [4.78, 5) is 28.7. The van der Waals surface area contributed by atoms with Gasteiger partial charge in [0, 0.05) is 18.5 Å². The van der Waals surface area contributed by atoms with Crippen molar-refractivity contribution in [1.82, 2.24) is 4.98 Å². The van der Waals surface area contributed by atoms with E-state index in [0.29, 0.717) is 5.39 Å². The van der Waals surface area contributed by atoms with Crippen LogP contribution in [0.4, 0.5) is 5.82 Å². The summed E-state index contributed by atoms with van der Waals surface area (Å²) in [6.45, 7) is 1.49. The second-order valence-corrected chi connectivity index (χ2v) is 5.36. The molecule has 0 radical (unpaired) electrons. The molecule has 1 saturated heterocycles. The number of aromatic nitrogens is 1. The molecule has 0 spiro atoms. The first-order valence-electron chi connectivity index (χ1n) is 7.14. The van der Waals surface area contributed by atoms with Crippen molar-refractivity contribution in [2.75, 3.05) is 25.1 Å². The number of nitrogens with zero attached hydrogens (tertiary/aromatic N) is 1. The fourth-order valence-corrected chi connectivity index (χ4v) is 2.89. The van der Waals surface area contributed by atoms with E-state index in [1.807, 2.05) is 30.3 Å². The molecule has 1 N–H and O–H groups in total. The predicted octanol–water partition coefficient (Wildman–Crippen LogP) is 1.92. The molecule has 1 fully saturated rings. The van der Waals surface area contributed by atoms with Gasteiger partial charge >= 0.3 is 5.97 Å². The second-order valence-electron chi connectivity index (χ2n) is 5.36. The van der Waals surface area contributed by atoms with Crippen molar-refractivity contribution in [1.29, 1.82) is 0 Å². The van der Waals surface area contributed by atoms with E-state index in [-0.39, 0.29) is 17.4 Å². The SMILES string of the molecule is COC(=O)C1CCN(c2cc3ccccc3c(=O)[nH]2)CC1. The number of aromatic amines is 1. The molecule has 5 heteroatoms. The van der Waals surface area contributed by atoms with E-state index >= 15 is 0 Å². The topological polar surface area (TPSA) is 62.4 Å². The molecule has 1 aliphatic rings. The molecule has 0 saturated carbocycles. The number of methoxy groups -OCH3 is 1. The molecular weight excluding hydrogens is 268 g/mol. The van der Waals surface area contributed by atoms with Gasteiger partial charge in [-0.3, -0.25) is 9.59 Å². The number of fused-ring (bicyclic) bond motifs is 1. The average molecular weight is 286 g/mol. The first kappa shape index (κ1) is 13.7. The summed E-state index contributed by atoms with van der Waals surface area (Å²) < 4.78 is 4.79. The maximum absolute atomic E-state index is 12.1. The largest absolute Gasteiger partial charge is 0.469 e. The van der Waals surface area contributed by atoms with Gasteiger partial charge in [0.15, 0.2) is 0 Å². The van der Waals surface area contributed by atoms with Crippen LogP contribution in [0, 0.1) is 5.92 Å². The van der Waals surface area contributed by atoms with Gasteiger partial charge in [0.1, 0.15) is 5.82 Å². The van der Waals surface area contributed by atoms with E-state index in [2.05, 4.69) is 9.88 Å². The van der Waals surface area contributed by atoms with Gasteiger partial charge in [-0.25, -0.2) is 0 Å². The molecule has 2 aromatic rings. The van der Waals surface area contributed by atoms with Crippen molar-refractivity contribution in [3.8, 4) is 0 Å². The molecule has 0 bridgehead atoms. The highest BCUT2D eigenvalue weighted by Crippen LogP contribution is 2.23. The van der Waals surface area contributed by atoms with Crippen LogP contribution in [-0.2, 0) is 9.53 Å². The summed E-state index contributed by atoms with van der Waals surface area (Å²) in [5, 5.41) is 1.64. The Kier molecular flexibility index (Phi) is 3.64. The number of carbonyl (C=O) groups excluding carboxylic acids is 1. The Morgan fingerprint density at radius 3 is 2.71 bits per heavy atom. The molecule has 0 unspecified atom stereocenters. The number of hydrogen-bond acceptors (Lipinski definition) is 4. The molecule has 1 aromatic heterocycles. The van der Waals surface area contributed by atoms with Crippen LogP contribution in [0.2, 0.25) is 0 Å². The highest BCUT2D eigenvalue weighted by Gasteiger charge is 2.26. The van der Waals surface area contributed by atoms with Crippen LogP contribution in [0.3, 0.4) is 0 Å². The maximum Gasteiger partial charge on any atom is 0.308 e. The number of carbonyl (C=O) groups is 1. The lowest BCUT2D eigenvalue weighted by molar-refractivity contribution is -0.146. The summed E-state index contributed by atoms with van der Waals surface area (Å²) in [6.07, 6.45) is 1.50. The molecule has 5 nitrogen and oxygen atoms in total. The van der Waals surface area contributed by atoms with Crippen LogP contribution in [0.5, 0.6) is 0 Å². The number of nitrogens with one attached hydrogen (secondary N) is 1. The minimum Gasteiger partial charge on any atom is -0.469 e. The third-order valence-electron chi connectivity index (χ3n) is 4.11. The lowest BCUT2D eigenvalue weighted by Crippen LogP contribution is -2.37. The molecular formula is C16H18N2O3. The zero-order chi connectivity index (χ0) is 14.8. The Bertz CT molecular complexity index is 715. The lowest BCUT2D eigenvalue weighted by atomic mass is 9.97. The molecule has 3 rings (SSSR count). The Hall–Kier alpha value is -2.30. The number of esters is 1. The zero-order valence-corrected chi connectivity index (χ0v) is 12.0. The number of H-pyrrole nitrogens is 1. The normalized spacial score (nSPS) is 16.1. The van der Waals surface area contributed by atoms with E-state index in [1.165, 1.54) is 7.11 Å². The minimum atomic E-state index is -0.137. The molecule has 0 amide bonds. The Morgan fingerprint density at radius 1 is 1.29 bits per heavy atom. The fraction of sp³-hybridized carbons (Fsp3) is 0.375. The summed E-state index contributed by atoms with van der Waals surface area (Å²) in [5.41, 5.74) is -0.0711. The molecule has 21 heavy (non-hydrogen) atoms. The highest BCUT2D eigenvalue weighted by molar-refractivity contribution is 5.83. The van der Waals surface area contributed by atoms with Crippen LogP contribution in [0.25, 0.3) is 10.8 Å². The number of piperidine rings is 1. The smallest absolute Gasteiger partial charge is 0.308 e. The molecule has 110 valence electrons. The van der Waals surface area contributed by atoms with Gasteiger partial charge in [0.05, 0.1) is 13.0 Å². The van der Waals surface area contributed by atoms with Gasteiger partial charge in [-0.1, -0.05) is 18.2 Å². The van der Waals surface area contributed by atoms with Gasteiger partial charge in [-0.2, -0.15) is 0 Å². The number of hydrogen-bond donors (Lipinski definition) is 1. The van der Waals surface area contributed by atoms with E-state index in [1.54, 1.807) is 0 Å². The third kappa shape index (κ3) is 2.63. The van der Waals surface area contributed by atoms with Gasteiger partial charge in [-0.05, 0) is 30.4 Å². The van der Waals surface area contributed by atoms with Crippen molar-refractivity contribution in [3.05, 3.63) is 40.7 Å². The number of rotatable bonds is 2. The van der Waals surface area contributed by atoms with E-state index < -0.39 is 0 Å². The van der Waals surface area contributed by atoms with E-state index in [0.717, 1.165) is 37.1 Å². The van der Waals surface area contributed by atoms with Crippen molar-refractivity contribution in [3.63, 3.8) is 0 Å². The van der Waals surface area contributed by atoms with Crippen molar-refractivity contribution >= 4 is 22.6 Å². The number of pyridine rings is 1. The molecule has 0 aliphatic carbocycles. The number of benzene rings is 1. The number of anilines is 1. The summed E-state index contributed by atoms with van der Waals surface area (Å²) in [5.74, 6) is 0.655. The van der Waals surface area contributed by atoms with Gasteiger partial charge in [0.25, 0.3) is 5.56 Å². The van der Waals surface area contributed by atoms with E-state index in [9.17, 15) is 9.59 Å². The lowest BCUT2D eigenvalue weighted by Gasteiger charge is -2.32. The monoisotopic (exact) mass is 286 g/mol. The van der Waals surface area contributed by atoms with Crippen LogP contribution in [0.1, 0.15) is 12.8 Å². The maximum atomic E-state index is 12.1. The van der Waals surface area contributed by atoms with Gasteiger partial charge in [0.2, 0.25) is 0 Å². The Balaban J connectivity index is 1.83. The van der Waals surface area contributed by atoms with Crippen LogP contribution < -0.4 is 10.5 Å². The summed E-state index contributed by atoms with van der Waals surface area (Å²) >= 11 is 0. The Morgan fingerprint density at radius 2 is 2.00 bits per heavy atom. The average Bonchev–Trinajstić information content (AvgIpc) is 2.54. The van der Waals surface area contributed by atoms with Gasteiger partial charge in [-0.15, -0.1) is 0 Å². The van der Waals surface area contributed by atoms with Crippen LogP contribution in [0.15, 0.2) is 35.1 Å². The third-order valence-corrected chi connectivity index (χ3v) is 4.11.